The number of fused-ring (bicyclic) bond motifs is 1. The minimum atomic E-state index is -4.58. The normalized spacial score (nSPS) is 13.6. The fourth-order valence-electron chi connectivity index (χ4n) is 3.74. The fourth-order valence-corrected chi connectivity index (χ4v) is 4.63. The van der Waals surface area contributed by atoms with Crippen molar-refractivity contribution in [2.75, 3.05) is 11.9 Å². The number of carbonyl (C=O) groups is 2. The Hall–Kier alpha value is -3.20. The van der Waals surface area contributed by atoms with Gasteiger partial charge in [0.15, 0.2) is 0 Å². The molecule has 0 fully saturated rings. The van der Waals surface area contributed by atoms with E-state index in [9.17, 15) is 22.8 Å². The highest BCUT2D eigenvalue weighted by molar-refractivity contribution is 7.10. The van der Waals surface area contributed by atoms with Crippen LogP contribution < -0.4 is 5.32 Å². The van der Waals surface area contributed by atoms with E-state index >= 15 is 0 Å². The number of nitrogens with zero attached hydrogens (tertiary/aromatic N) is 2. The van der Waals surface area contributed by atoms with Crippen molar-refractivity contribution in [2.24, 2.45) is 0 Å². The van der Waals surface area contributed by atoms with Crippen molar-refractivity contribution >= 4 is 28.8 Å². The van der Waals surface area contributed by atoms with E-state index in [0.717, 1.165) is 24.1 Å². The summed E-state index contributed by atoms with van der Waals surface area (Å²) in [7, 11) is 0. The molecule has 166 valence electrons. The van der Waals surface area contributed by atoms with Crippen molar-refractivity contribution in [3.63, 3.8) is 0 Å². The summed E-state index contributed by atoms with van der Waals surface area (Å²) in [6.07, 6.45) is -3.77. The second kappa shape index (κ2) is 8.38. The summed E-state index contributed by atoms with van der Waals surface area (Å²) < 4.78 is 38.5. The lowest BCUT2D eigenvalue weighted by atomic mass is 10.0. The number of hydrogen-bond acceptors (Lipinski definition) is 4. The molecular formula is C23H20F3N3O2S. The van der Waals surface area contributed by atoms with Gasteiger partial charge in [0.25, 0.3) is 11.8 Å². The average molecular weight is 459 g/mol. The largest absolute Gasteiger partial charge is 0.433 e. The first-order valence-corrected chi connectivity index (χ1v) is 10.8. The van der Waals surface area contributed by atoms with Crippen LogP contribution in [0.3, 0.4) is 0 Å². The van der Waals surface area contributed by atoms with E-state index in [4.69, 9.17) is 0 Å². The maximum absolute atomic E-state index is 13.1. The van der Waals surface area contributed by atoms with Crippen LogP contribution in [0.4, 0.5) is 18.9 Å². The lowest BCUT2D eigenvalue weighted by Gasteiger charge is -2.28. The molecule has 9 heteroatoms. The van der Waals surface area contributed by atoms with Gasteiger partial charge in [0.2, 0.25) is 0 Å². The van der Waals surface area contributed by atoms with Crippen molar-refractivity contribution in [1.82, 2.24) is 9.88 Å². The maximum Gasteiger partial charge on any atom is 0.433 e. The van der Waals surface area contributed by atoms with Gasteiger partial charge in [-0.25, -0.2) is 4.98 Å². The van der Waals surface area contributed by atoms with Crippen LogP contribution in [0.1, 0.15) is 48.1 Å². The van der Waals surface area contributed by atoms with Crippen molar-refractivity contribution in [3.8, 4) is 0 Å². The molecule has 0 aliphatic carbocycles. The van der Waals surface area contributed by atoms with Gasteiger partial charge < -0.3 is 10.2 Å². The molecule has 0 unspecified atom stereocenters. The minimum Gasteiger partial charge on any atom is -0.334 e. The SMILES string of the molecule is Cc1nc(C(F)(F)F)ccc1C(=O)Nc1cccc(C(=O)N2CCc3sccc3C2)c1C. The van der Waals surface area contributed by atoms with E-state index < -0.39 is 17.8 Å². The van der Waals surface area contributed by atoms with Crippen LogP contribution >= 0.6 is 11.3 Å². The zero-order chi connectivity index (χ0) is 23.0. The quantitative estimate of drug-likeness (QED) is 0.584. The summed E-state index contributed by atoms with van der Waals surface area (Å²) in [6.45, 7) is 4.26. The van der Waals surface area contributed by atoms with Crippen LogP contribution in [0.2, 0.25) is 0 Å². The smallest absolute Gasteiger partial charge is 0.334 e. The average Bonchev–Trinajstić information content (AvgIpc) is 3.22. The first-order valence-electron chi connectivity index (χ1n) is 9.95. The molecule has 0 atom stereocenters. The van der Waals surface area contributed by atoms with Crippen LogP contribution in [-0.2, 0) is 19.1 Å². The number of rotatable bonds is 3. The van der Waals surface area contributed by atoms with Gasteiger partial charge in [0.1, 0.15) is 5.69 Å². The van der Waals surface area contributed by atoms with Gasteiger partial charge in [0, 0.05) is 29.2 Å². The van der Waals surface area contributed by atoms with Gasteiger partial charge in [0.05, 0.1) is 11.3 Å². The molecule has 4 rings (SSSR count). The highest BCUT2D eigenvalue weighted by Gasteiger charge is 2.33. The Labute approximate surface area is 186 Å². The van der Waals surface area contributed by atoms with Crippen LogP contribution in [0.25, 0.3) is 0 Å². The third kappa shape index (κ3) is 4.25. The van der Waals surface area contributed by atoms with Gasteiger partial charge in [-0.2, -0.15) is 13.2 Å². The second-order valence-electron chi connectivity index (χ2n) is 7.61. The number of aromatic nitrogens is 1. The van der Waals surface area contributed by atoms with Crippen molar-refractivity contribution < 1.29 is 22.8 Å². The number of nitrogens with one attached hydrogen (secondary N) is 1. The molecule has 0 saturated carbocycles. The Bertz CT molecular complexity index is 1200. The maximum atomic E-state index is 13.1. The molecule has 5 nitrogen and oxygen atoms in total. The summed E-state index contributed by atoms with van der Waals surface area (Å²) in [5.74, 6) is -0.708. The monoisotopic (exact) mass is 459 g/mol. The number of anilines is 1. The lowest BCUT2D eigenvalue weighted by Crippen LogP contribution is -2.35. The Morgan fingerprint density at radius 3 is 2.59 bits per heavy atom. The standard InChI is InChI=1S/C23H20F3N3O2S/c1-13-16(22(31)29-10-8-19-15(12-29)9-11-32-19)4-3-5-18(13)28-21(30)17-6-7-20(23(24,25)26)27-14(17)2/h3-7,9,11H,8,10,12H2,1-2H3,(H,28,30). The zero-order valence-corrected chi connectivity index (χ0v) is 18.2. The third-order valence-electron chi connectivity index (χ3n) is 5.53. The first-order chi connectivity index (χ1) is 15.1. The summed E-state index contributed by atoms with van der Waals surface area (Å²) in [5, 5.41) is 4.73. The van der Waals surface area contributed by atoms with Gasteiger partial charge in [-0.3, -0.25) is 9.59 Å². The summed E-state index contributed by atoms with van der Waals surface area (Å²) in [6, 6.07) is 8.96. The zero-order valence-electron chi connectivity index (χ0n) is 17.4. The molecule has 1 aliphatic rings. The Balaban J connectivity index is 1.54. The molecule has 2 amide bonds. The number of hydrogen-bond donors (Lipinski definition) is 1. The van der Waals surface area contributed by atoms with E-state index in [-0.39, 0.29) is 17.2 Å². The predicted octanol–water partition coefficient (Wildman–Crippen LogP) is 5.23. The molecule has 1 aromatic carbocycles. The molecule has 0 bridgehead atoms. The summed E-state index contributed by atoms with van der Waals surface area (Å²) in [4.78, 5) is 32.4. The highest BCUT2D eigenvalue weighted by atomic mass is 32.1. The molecule has 0 radical (unpaired) electrons. The molecule has 0 saturated heterocycles. The number of thiophene rings is 1. The number of alkyl halides is 3. The molecule has 3 aromatic rings. The third-order valence-corrected chi connectivity index (χ3v) is 6.55. The van der Waals surface area contributed by atoms with Crippen molar-refractivity contribution in [2.45, 2.75) is 33.0 Å². The van der Waals surface area contributed by atoms with Crippen LogP contribution in [0.5, 0.6) is 0 Å². The molecule has 32 heavy (non-hydrogen) atoms. The Morgan fingerprint density at radius 1 is 1.09 bits per heavy atom. The lowest BCUT2D eigenvalue weighted by molar-refractivity contribution is -0.141. The minimum absolute atomic E-state index is 0.0258. The molecule has 1 aliphatic heterocycles. The van der Waals surface area contributed by atoms with E-state index in [1.807, 2.05) is 11.4 Å². The Morgan fingerprint density at radius 2 is 1.88 bits per heavy atom. The number of carbonyl (C=O) groups excluding carboxylic acids is 2. The van der Waals surface area contributed by atoms with Crippen molar-refractivity contribution in [3.05, 3.63) is 80.3 Å². The van der Waals surface area contributed by atoms with E-state index in [2.05, 4.69) is 10.3 Å². The van der Waals surface area contributed by atoms with E-state index in [0.29, 0.717) is 29.9 Å². The molecule has 3 heterocycles. The molecular weight excluding hydrogens is 439 g/mol. The number of benzene rings is 1. The Kier molecular flexibility index (Phi) is 5.77. The van der Waals surface area contributed by atoms with Crippen molar-refractivity contribution in [1.29, 1.82) is 0 Å². The topological polar surface area (TPSA) is 62.3 Å². The highest BCUT2D eigenvalue weighted by Crippen LogP contribution is 2.29. The number of aryl methyl sites for hydroxylation is 1. The van der Waals surface area contributed by atoms with E-state index in [1.165, 1.54) is 11.8 Å². The van der Waals surface area contributed by atoms with Gasteiger partial charge in [-0.1, -0.05) is 6.07 Å². The second-order valence-corrected chi connectivity index (χ2v) is 8.61. The van der Waals surface area contributed by atoms with E-state index in [1.54, 1.807) is 41.4 Å². The van der Waals surface area contributed by atoms with Crippen LogP contribution in [0, 0.1) is 13.8 Å². The van der Waals surface area contributed by atoms with Gasteiger partial charge >= 0.3 is 6.18 Å². The number of halogens is 3. The predicted molar refractivity (Wildman–Crippen MR) is 116 cm³/mol. The molecule has 1 N–H and O–H groups in total. The van der Waals surface area contributed by atoms with Crippen LogP contribution in [-0.4, -0.2) is 28.2 Å². The number of pyridine rings is 1. The molecule has 0 spiro atoms. The number of amides is 2. The first kappa shape index (κ1) is 22.0. The van der Waals surface area contributed by atoms with Gasteiger partial charge in [-0.15, -0.1) is 11.3 Å². The molecule has 2 aromatic heterocycles. The fraction of sp³-hybridized carbons (Fsp3) is 0.261. The summed E-state index contributed by atoms with van der Waals surface area (Å²) >= 11 is 1.70. The van der Waals surface area contributed by atoms with Crippen LogP contribution in [0.15, 0.2) is 41.8 Å². The summed E-state index contributed by atoms with van der Waals surface area (Å²) in [5.41, 5.74) is 1.61. The van der Waals surface area contributed by atoms with Gasteiger partial charge in [-0.05, 0) is 67.1 Å².